The third-order valence-corrected chi connectivity index (χ3v) is 14.4. The van der Waals surface area contributed by atoms with E-state index in [0.717, 1.165) is 44.9 Å². The second kappa shape index (κ2) is 49.2. The van der Waals surface area contributed by atoms with Gasteiger partial charge < -0.3 is 50.5 Å². The van der Waals surface area contributed by atoms with E-state index in [1.165, 1.54) is 180 Å². The van der Waals surface area contributed by atoms with Crippen molar-refractivity contribution >= 4 is 5.91 Å². The summed E-state index contributed by atoms with van der Waals surface area (Å²) < 4.78 is 11.1. The predicted octanol–water partition coefficient (Wildman–Crippen LogP) is 12.7. The van der Waals surface area contributed by atoms with E-state index in [0.29, 0.717) is 19.3 Å². The standard InChI is InChI=1S/C60H113NO10/c1-3-5-7-9-11-13-15-17-19-21-23-24-25-26-27-28-29-30-32-34-36-38-40-42-44-46-48-53(64)59(69)61-51(50-70-60-58(68)57(67)56(66)54(49-62)71-60)55(65)52(63)47-45-43-41-39-37-35-33-31-22-20-18-16-14-12-10-8-6-4-2/h16,18,31,33,39,41,51-58,60,62-68H,3-15,17,19-30,32,34-38,40,42-50H2,1-2H3,(H,61,69)/b18-16+,33-31+,41-39+. The molecule has 71 heavy (non-hydrogen) atoms. The maximum atomic E-state index is 13.2. The minimum absolute atomic E-state index is 0.242. The average molecular weight is 1010 g/mol. The van der Waals surface area contributed by atoms with Crippen LogP contribution in [0.2, 0.25) is 0 Å². The molecule has 0 bridgehead atoms. The molecule has 11 nitrogen and oxygen atoms in total. The Kier molecular flexibility index (Phi) is 46.7. The Labute approximate surface area is 435 Å². The van der Waals surface area contributed by atoms with Crippen LogP contribution in [0, 0.1) is 0 Å². The van der Waals surface area contributed by atoms with Crippen molar-refractivity contribution in [3.63, 3.8) is 0 Å². The molecule has 1 fully saturated rings. The highest BCUT2D eigenvalue weighted by Crippen LogP contribution is 2.23. The highest BCUT2D eigenvalue weighted by molar-refractivity contribution is 5.80. The van der Waals surface area contributed by atoms with Gasteiger partial charge in [-0.05, 0) is 64.2 Å². The van der Waals surface area contributed by atoms with Gasteiger partial charge in [0.25, 0.3) is 0 Å². The molecule has 1 heterocycles. The first-order valence-corrected chi connectivity index (χ1v) is 29.9. The second-order valence-electron chi connectivity index (χ2n) is 21.0. The summed E-state index contributed by atoms with van der Waals surface area (Å²) in [5.41, 5.74) is 0. The third-order valence-electron chi connectivity index (χ3n) is 14.4. The lowest BCUT2D eigenvalue weighted by molar-refractivity contribution is -0.303. The Hall–Kier alpha value is -1.67. The van der Waals surface area contributed by atoms with E-state index >= 15 is 0 Å². The average Bonchev–Trinajstić information content (AvgIpc) is 3.37. The summed E-state index contributed by atoms with van der Waals surface area (Å²) in [7, 11) is 0. The number of aliphatic hydroxyl groups is 7. The van der Waals surface area contributed by atoms with Gasteiger partial charge in [0, 0.05) is 0 Å². The molecule has 0 aromatic rings. The second-order valence-corrected chi connectivity index (χ2v) is 21.0. The lowest BCUT2D eigenvalue weighted by atomic mass is 9.98. The molecular weight excluding hydrogens is 895 g/mol. The summed E-state index contributed by atoms with van der Waals surface area (Å²) in [6, 6.07) is -1.19. The molecule has 1 aliphatic heterocycles. The fourth-order valence-corrected chi connectivity index (χ4v) is 9.53. The van der Waals surface area contributed by atoms with Crippen LogP contribution >= 0.6 is 0 Å². The molecule has 0 aromatic carbocycles. The molecule has 11 heteroatoms. The number of nitrogens with one attached hydrogen (secondary N) is 1. The number of unbranched alkanes of at least 4 members (excludes halogenated alkanes) is 33. The van der Waals surface area contributed by atoms with Gasteiger partial charge in [-0.3, -0.25) is 4.79 Å². The Morgan fingerprint density at radius 2 is 0.845 bits per heavy atom. The minimum Gasteiger partial charge on any atom is -0.394 e. The summed E-state index contributed by atoms with van der Waals surface area (Å²) in [4.78, 5) is 13.2. The zero-order valence-electron chi connectivity index (χ0n) is 45.7. The van der Waals surface area contributed by atoms with Crippen molar-refractivity contribution in [3.8, 4) is 0 Å². The van der Waals surface area contributed by atoms with E-state index in [-0.39, 0.29) is 12.8 Å². The van der Waals surface area contributed by atoms with Gasteiger partial charge in [-0.2, -0.15) is 0 Å². The molecule has 0 spiro atoms. The Morgan fingerprint density at radius 3 is 1.25 bits per heavy atom. The molecule has 0 radical (unpaired) electrons. The maximum absolute atomic E-state index is 13.2. The van der Waals surface area contributed by atoms with Gasteiger partial charge in [-0.15, -0.1) is 0 Å². The van der Waals surface area contributed by atoms with E-state index in [9.17, 15) is 40.5 Å². The van der Waals surface area contributed by atoms with Crippen LogP contribution in [0.25, 0.3) is 0 Å². The largest absolute Gasteiger partial charge is 0.394 e. The van der Waals surface area contributed by atoms with Crippen molar-refractivity contribution in [2.24, 2.45) is 0 Å². The number of allylic oxidation sites excluding steroid dienone is 6. The van der Waals surface area contributed by atoms with Crippen LogP contribution in [0.4, 0.5) is 0 Å². The highest BCUT2D eigenvalue weighted by atomic mass is 16.7. The smallest absolute Gasteiger partial charge is 0.249 e. The van der Waals surface area contributed by atoms with Gasteiger partial charge in [-0.25, -0.2) is 0 Å². The lowest BCUT2D eigenvalue weighted by Gasteiger charge is -2.40. The third kappa shape index (κ3) is 37.7. The van der Waals surface area contributed by atoms with Gasteiger partial charge in [0.15, 0.2) is 6.29 Å². The van der Waals surface area contributed by atoms with Crippen LogP contribution in [0.15, 0.2) is 36.5 Å². The number of carbonyl (C=O) groups excluding carboxylic acids is 1. The number of hydrogen-bond acceptors (Lipinski definition) is 10. The fraction of sp³-hybridized carbons (Fsp3) is 0.883. The molecule has 9 unspecified atom stereocenters. The summed E-state index contributed by atoms with van der Waals surface area (Å²) in [6.45, 7) is 3.45. The zero-order chi connectivity index (χ0) is 51.8. The zero-order valence-corrected chi connectivity index (χ0v) is 45.7. The summed E-state index contributed by atoms with van der Waals surface area (Å²) in [5, 5.41) is 76.1. The molecule has 0 aliphatic carbocycles. The maximum Gasteiger partial charge on any atom is 0.249 e. The van der Waals surface area contributed by atoms with Crippen LogP contribution in [0.1, 0.15) is 271 Å². The van der Waals surface area contributed by atoms with Crippen molar-refractivity contribution in [3.05, 3.63) is 36.5 Å². The van der Waals surface area contributed by atoms with Crippen molar-refractivity contribution in [1.29, 1.82) is 0 Å². The van der Waals surface area contributed by atoms with Gasteiger partial charge in [0.2, 0.25) is 5.91 Å². The van der Waals surface area contributed by atoms with E-state index in [1.54, 1.807) is 0 Å². The van der Waals surface area contributed by atoms with Crippen molar-refractivity contribution < 1.29 is 50.0 Å². The summed E-state index contributed by atoms with van der Waals surface area (Å²) in [6.07, 6.45) is 49.2. The van der Waals surface area contributed by atoms with E-state index in [1.807, 2.05) is 0 Å². The highest BCUT2D eigenvalue weighted by Gasteiger charge is 2.44. The first-order chi connectivity index (χ1) is 34.7. The summed E-state index contributed by atoms with van der Waals surface area (Å²) in [5.74, 6) is -0.708. The van der Waals surface area contributed by atoms with Gasteiger partial charge in [0.1, 0.15) is 36.6 Å². The quantitative estimate of drug-likeness (QED) is 0.0215. The molecule has 1 rings (SSSR count). The van der Waals surface area contributed by atoms with Crippen LogP contribution in [0.3, 0.4) is 0 Å². The van der Waals surface area contributed by atoms with Crippen molar-refractivity contribution in [2.75, 3.05) is 13.2 Å². The van der Waals surface area contributed by atoms with Crippen LogP contribution in [-0.4, -0.2) is 110 Å². The van der Waals surface area contributed by atoms with Crippen LogP contribution < -0.4 is 5.32 Å². The number of hydrogen-bond donors (Lipinski definition) is 8. The normalized spacial score (nSPS) is 20.4. The predicted molar refractivity (Wildman–Crippen MR) is 293 cm³/mol. The Morgan fingerprint density at radius 1 is 0.479 bits per heavy atom. The van der Waals surface area contributed by atoms with Gasteiger partial charge in [0.05, 0.1) is 25.4 Å². The number of rotatable bonds is 51. The molecule has 8 N–H and O–H groups in total. The van der Waals surface area contributed by atoms with E-state index < -0.39 is 74.2 Å². The summed E-state index contributed by atoms with van der Waals surface area (Å²) >= 11 is 0. The number of carbonyl (C=O) groups is 1. The minimum atomic E-state index is -1.67. The molecule has 1 amide bonds. The molecule has 418 valence electrons. The first-order valence-electron chi connectivity index (χ1n) is 29.9. The van der Waals surface area contributed by atoms with E-state index in [4.69, 9.17) is 9.47 Å². The van der Waals surface area contributed by atoms with Crippen molar-refractivity contribution in [1.82, 2.24) is 5.32 Å². The Balaban J connectivity index is 2.30. The Bertz CT molecular complexity index is 1250. The molecule has 1 saturated heterocycles. The van der Waals surface area contributed by atoms with Gasteiger partial charge >= 0.3 is 0 Å². The number of amides is 1. The lowest BCUT2D eigenvalue weighted by Crippen LogP contribution is -2.60. The molecular formula is C60H113NO10. The van der Waals surface area contributed by atoms with Crippen LogP contribution in [-0.2, 0) is 14.3 Å². The molecule has 0 saturated carbocycles. The molecule has 1 aliphatic rings. The topological polar surface area (TPSA) is 189 Å². The SMILES string of the molecule is CCCCCCC/C=C/CC/C=C/CC/C=C/CCCC(O)C(O)C(COC1OC(CO)C(O)C(O)C1O)NC(=O)C(O)CCCCCCCCCCCCCCCCCCCCCCCCCCCC. The van der Waals surface area contributed by atoms with Crippen LogP contribution in [0.5, 0.6) is 0 Å². The fourth-order valence-electron chi connectivity index (χ4n) is 9.53. The van der Waals surface area contributed by atoms with Gasteiger partial charge in [-0.1, -0.05) is 243 Å². The monoisotopic (exact) mass is 1010 g/mol. The molecule has 9 atom stereocenters. The number of ether oxygens (including phenoxy) is 2. The molecule has 0 aromatic heterocycles. The van der Waals surface area contributed by atoms with E-state index in [2.05, 4.69) is 55.6 Å². The van der Waals surface area contributed by atoms with Crippen molar-refractivity contribution in [2.45, 2.75) is 326 Å². The number of aliphatic hydroxyl groups excluding tert-OH is 7. The first kappa shape index (κ1) is 67.3.